The summed E-state index contributed by atoms with van der Waals surface area (Å²) in [7, 11) is -3.34. The number of nitrogens with one attached hydrogen (secondary N) is 1. The standard InChI is InChI=1S/C10H17NO3S3/c1-8-3-5-15-10(8)9(2)7-11-4-6-16-17(12,13)14/h3,5,9,11H,4,6-7H2,1-2H3,(H,12,13,14). The monoisotopic (exact) mass is 295 g/mol. The fourth-order valence-corrected chi connectivity index (χ4v) is 3.83. The highest BCUT2D eigenvalue weighted by molar-refractivity contribution is 8.69. The lowest BCUT2D eigenvalue weighted by molar-refractivity contribution is 0.503. The summed E-state index contributed by atoms with van der Waals surface area (Å²) in [6, 6.07) is 2.10. The lowest BCUT2D eigenvalue weighted by Crippen LogP contribution is -2.22. The van der Waals surface area contributed by atoms with Crippen molar-refractivity contribution < 1.29 is 13.0 Å². The van der Waals surface area contributed by atoms with Crippen molar-refractivity contribution in [3.8, 4) is 0 Å². The SMILES string of the molecule is Cc1ccsc1C(C)CNCCSS(=O)(=O)O. The van der Waals surface area contributed by atoms with Gasteiger partial charge < -0.3 is 5.32 Å². The van der Waals surface area contributed by atoms with Crippen molar-refractivity contribution in [1.29, 1.82) is 0 Å². The summed E-state index contributed by atoms with van der Waals surface area (Å²) < 4.78 is 29.4. The van der Waals surface area contributed by atoms with E-state index in [1.165, 1.54) is 10.4 Å². The molecule has 0 radical (unpaired) electrons. The summed E-state index contributed by atoms with van der Waals surface area (Å²) in [6.45, 7) is 5.62. The number of rotatable bonds is 7. The molecule has 0 spiro atoms. The lowest BCUT2D eigenvalue weighted by Gasteiger charge is -2.11. The van der Waals surface area contributed by atoms with Gasteiger partial charge in [-0.15, -0.1) is 11.3 Å². The molecule has 0 saturated carbocycles. The Morgan fingerprint density at radius 3 is 2.82 bits per heavy atom. The molecule has 0 bridgehead atoms. The van der Waals surface area contributed by atoms with E-state index in [4.69, 9.17) is 4.55 Å². The second kappa shape index (κ2) is 6.75. The van der Waals surface area contributed by atoms with E-state index in [9.17, 15) is 8.42 Å². The molecule has 0 aliphatic carbocycles. The maximum atomic E-state index is 10.5. The number of hydrogen-bond acceptors (Lipinski definition) is 5. The van der Waals surface area contributed by atoms with Crippen LogP contribution in [0, 0.1) is 6.92 Å². The van der Waals surface area contributed by atoms with E-state index >= 15 is 0 Å². The molecule has 1 rings (SSSR count). The van der Waals surface area contributed by atoms with Crippen LogP contribution in [0.1, 0.15) is 23.3 Å². The van der Waals surface area contributed by atoms with Gasteiger partial charge in [0.1, 0.15) is 0 Å². The Morgan fingerprint density at radius 2 is 2.29 bits per heavy atom. The Kier molecular flexibility index (Phi) is 5.94. The first-order valence-corrected chi connectivity index (χ1v) is 9.09. The molecule has 98 valence electrons. The fourth-order valence-electron chi connectivity index (χ4n) is 1.52. The van der Waals surface area contributed by atoms with E-state index in [2.05, 4.69) is 30.6 Å². The summed E-state index contributed by atoms with van der Waals surface area (Å²) in [6.07, 6.45) is 0. The van der Waals surface area contributed by atoms with Crippen molar-refractivity contribution in [2.45, 2.75) is 19.8 Å². The molecule has 7 heteroatoms. The largest absolute Gasteiger partial charge is 0.319 e. The van der Waals surface area contributed by atoms with Crippen LogP contribution in [-0.2, 0) is 9.15 Å². The van der Waals surface area contributed by atoms with E-state index in [0.29, 0.717) is 29.0 Å². The van der Waals surface area contributed by atoms with E-state index in [1.54, 1.807) is 11.3 Å². The molecule has 1 heterocycles. The zero-order valence-electron chi connectivity index (χ0n) is 9.84. The third-order valence-corrected chi connectivity index (χ3v) is 5.62. The van der Waals surface area contributed by atoms with Crippen LogP contribution in [0.5, 0.6) is 0 Å². The van der Waals surface area contributed by atoms with Gasteiger partial charge in [-0.25, -0.2) is 0 Å². The minimum absolute atomic E-state index is 0.356. The highest BCUT2D eigenvalue weighted by atomic mass is 33.1. The molecule has 0 fully saturated rings. The molecular weight excluding hydrogens is 278 g/mol. The van der Waals surface area contributed by atoms with Crippen molar-refractivity contribution >= 4 is 31.3 Å². The predicted molar refractivity (Wildman–Crippen MR) is 74.3 cm³/mol. The smallest absolute Gasteiger partial charge is 0.315 e. The molecule has 0 saturated heterocycles. The fraction of sp³-hybridized carbons (Fsp3) is 0.600. The molecule has 1 atom stereocenters. The average Bonchev–Trinajstić information content (AvgIpc) is 2.62. The average molecular weight is 295 g/mol. The van der Waals surface area contributed by atoms with Crippen LogP contribution in [0.25, 0.3) is 0 Å². The number of thiophene rings is 1. The normalized spacial score (nSPS) is 13.8. The van der Waals surface area contributed by atoms with Crippen molar-refractivity contribution in [3.05, 3.63) is 21.9 Å². The van der Waals surface area contributed by atoms with Gasteiger partial charge >= 0.3 is 9.15 Å². The molecule has 0 aromatic carbocycles. The van der Waals surface area contributed by atoms with Gasteiger partial charge in [0.2, 0.25) is 0 Å². The topological polar surface area (TPSA) is 66.4 Å². The Bertz CT molecular complexity index is 441. The molecule has 17 heavy (non-hydrogen) atoms. The molecule has 1 aromatic rings. The van der Waals surface area contributed by atoms with Crippen LogP contribution in [0.3, 0.4) is 0 Å². The first-order chi connectivity index (χ1) is 7.90. The van der Waals surface area contributed by atoms with Crippen molar-refractivity contribution in [2.24, 2.45) is 0 Å². The second-order valence-electron chi connectivity index (χ2n) is 3.82. The Labute approximate surface area is 110 Å². The van der Waals surface area contributed by atoms with Gasteiger partial charge in [-0.3, -0.25) is 4.55 Å². The van der Waals surface area contributed by atoms with Crippen LogP contribution in [-0.4, -0.2) is 31.8 Å². The van der Waals surface area contributed by atoms with E-state index in [0.717, 1.165) is 6.54 Å². The molecule has 4 nitrogen and oxygen atoms in total. The van der Waals surface area contributed by atoms with Crippen LogP contribution in [0.4, 0.5) is 0 Å². The van der Waals surface area contributed by atoms with Gasteiger partial charge in [0.25, 0.3) is 0 Å². The maximum absolute atomic E-state index is 10.5. The zero-order valence-corrected chi connectivity index (χ0v) is 12.3. The van der Waals surface area contributed by atoms with Gasteiger partial charge in [0, 0.05) is 29.6 Å². The predicted octanol–water partition coefficient (Wildman–Crippen LogP) is 2.29. The molecule has 0 aliphatic heterocycles. The van der Waals surface area contributed by atoms with Gasteiger partial charge in [-0.05, 0) is 34.7 Å². The van der Waals surface area contributed by atoms with Gasteiger partial charge in [0.05, 0.1) is 0 Å². The summed E-state index contributed by atoms with van der Waals surface area (Å²) in [5.74, 6) is 0.778. The van der Waals surface area contributed by atoms with Gasteiger partial charge in [-0.2, -0.15) is 8.42 Å². The molecule has 0 amide bonds. The Balaban J connectivity index is 2.22. The minimum atomic E-state index is -3.90. The summed E-state index contributed by atoms with van der Waals surface area (Å²) in [4.78, 5) is 1.36. The minimum Gasteiger partial charge on any atom is -0.315 e. The van der Waals surface area contributed by atoms with Crippen molar-refractivity contribution in [1.82, 2.24) is 5.32 Å². The van der Waals surface area contributed by atoms with E-state index in [-0.39, 0.29) is 0 Å². The third kappa shape index (κ3) is 5.87. The molecule has 1 unspecified atom stereocenters. The van der Waals surface area contributed by atoms with Crippen LogP contribution < -0.4 is 5.32 Å². The lowest BCUT2D eigenvalue weighted by atomic mass is 10.1. The first kappa shape index (κ1) is 15.0. The van der Waals surface area contributed by atoms with Crippen LogP contribution in [0.2, 0.25) is 0 Å². The molecule has 1 aromatic heterocycles. The molecule has 2 N–H and O–H groups in total. The second-order valence-corrected chi connectivity index (χ2v) is 8.24. The summed E-state index contributed by atoms with van der Waals surface area (Å²) >= 11 is 1.74. The molecule has 0 aliphatic rings. The highest BCUT2D eigenvalue weighted by Crippen LogP contribution is 2.24. The van der Waals surface area contributed by atoms with E-state index < -0.39 is 9.15 Å². The number of aryl methyl sites for hydroxylation is 1. The van der Waals surface area contributed by atoms with Crippen molar-refractivity contribution in [3.63, 3.8) is 0 Å². The zero-order chi connectivity index (χ0) is 12.9. The van der Waals surface area contributed by atoms with Gasteiger partial charge in [0.15, 0.2) is 0 Å². The van der Waals surface area contributed by atoms with E-state index in [1.807, 2.05) is 0 Å². The number of hydrogen-bond donors (Lipinski definition) is 2. The maximum Gasteiger partial charge on any atom is 0.319 e. The van der Waals surface area contributed by atoms with Crippen molar-refractivity contribution in [2.75, 3.05) is 18.8 Å². The summed E-state index contributed by atoms with van der Waals surface area (Å²) in [5, 5.41) is 5.26. The third-order valence-electron chi connectivity index (χ3n) is 2.31. The quantitative estimate of drug-likeness (QED) is 0.459. The Morgan fingerprint density at radius 1 is 1.59 bits per heavy atom. The highest BCUT2D eigenvalue weighted by Gasteiger charge is 2.09. The van der Waals surface area contributed by atoms with Crippen LogP contribution >= 0.6 is 22.1 Å². The van der Waals surface area contributed by atoms with Crippen LogP contribution in [0.15, 0.2) is 11.4 Å². The molecular formula is C10H17NO3S3. The van der Waals surface area contributed by atoms with Gasteiger partial charge in [-0.1, -0.05) is 6.92 Å². The Hall–Kier alpha value is -0.0800. The first-order valence-electron chi connectivity index (χ1n) is 5.26. The summed E-state index contributed by atoms with van der Waals surface area (Å²) in [5.41, 5.74) is 1.30.